The summed E-state index contributed by atoms with van der Waals surface area (Å²) in [6, 6.07) is 6.24. The summed E-state index contributed by atoms with van der Waals surface area (Å²) in [5.41, 5.74) is 0.931. The molecule has 0 aliphatic carbocycles. The molecule has 1 aromatic heterocycles. The van der Waals surface area contributed by atoms with Gasteiger partial charge in [0.15, 0.2) is 0 Å². The summed E-state index contributed by atoms with van der Waals surface area (Å²) >= 11 is 0. The van der Waals surface area contributed by atoms with Crippen molar-refractivity contribution in [3.05, 3.63) is 35.8 Å². The summed E-state index contributed by atoms with van der Waals surface area (Å²) in [4.78, 5) is 19.5. The lowest BCUT2D eigenvalue weighted by Crippen LogP contribution is -2.44. The van der Waals surface area contributed by atoms with Crippen LogP contribution in [0.4, 0.5) is 4.39 Å². The molecule has 24 heavy (non-hydrogen) atoms. The van der Waals surface area contributed by atoms with Crippen molar-refractivity contribution in [3.8, 4) is 0 Å². The molecule has 1 aliphatic heterocycles. The number of nitrogens with one attached hydrogen (secondary N) is 1. The molecule has 2 heterocycles. The molecule has 6 nitrogen and oxygen atoms in total. The zero-order valence-corrected chi connectivity index (χ0v) is 13.5. The van der Waals surface area contributed by atoms with E-state index in [1.165, 1.54) is 12.1 Å². The first-order valence-electron chi connectivity index (χ1n) is 8.16. The van der Waals surface area contributed by atoms with E-state index in [1.807, 2.05) is 0 Å². The van der Waals surface area contributed by atoms with E-state index >= 15 is 0 Å². The van der Waals surface area contributed by atoms with Crippen molar-refractivity contribution in [1.29, 1.82) is 0 Å². The molecule has 1 saturated heterocycles. The fourth-order valence-electron chi connectivity index (χ4n) is 2.93. The number of ether oxygens (including phenoxy) is 1. The Morgan fingerprint density at radius 1 is 1.33 bits per heavy atom. The van der Waals surface area contributed by atoms with Crippen LogP contribution in [-0.4, -0.2) is 78.3 Å². The Kier molecular flexibility index (Phi) is 5.44. The van der Waals surface area contributed by atoms with Crippen molar-refractivity contribution in [2.45, 2.75) is 0 Å². The van der Waals surface area contributed by atoms with Crippen LogP contribution in [0.2, 0.25) is 0 Å². The number of nitrogens with zero attached hydrogens (tertiary/aromatic N) is 2. The Labute approximate surface area is 139 Å². The van der Waals surface area contributed by atoms with E-state index in [0.717, 1.165) is 19.6 Å². The third kappa shape index (κ3) is 3.75. The molecule has 3 rings (SSSR count). The maximum atomic E-state index is 13.8. The predicted octanol–water partition coefficient (Wildman–Crippen LogP) is 1.07. The first kappa shape index (κ1) is 16.9. The smallest absolute Gasteiger partial charge is 0.270 e. The van der Waals surface area contributed by atoms with Crippen LogP contribution >= 0.6 is 0 Å². The number of fused-ring (bicyclic) bond motifs is 1. The second-order valence-corrected chi connectivity index (χ2v) is 5.85. The number of aliphatic hydroxyl groups excluding tert-OH is 1. The number of amides is 1. The second kappa shape index (κ2) is 7.74. The Hall–Kier alpha value is -1.96. The Morgan fingerprint density at radius 2 is 2.12 bits per heavy atom. The Bertz CT molecular complexity index is 697. The van der Waals surface area contributed by atoms with Gasteiger partial charge in [-0.05, 0) is 18.2 Å². The fraction of sp³-hybridized carbons (Fsp3) is 0.471. The molecule has 0 saturated carbocycles. The van der Waals surface area contributed by atoms with Crippen molar-refractivity contribution in [3.63, 3.8) is 0 Å². The van der Waals surface area contributed by atoms with Gasteiger partial charge in [-0.15, -0.1) is 0 Å². The van der Waals surface area contributed by atoms with Crippen molar-refractivity contribution < 1.29 is 19.0 Å². The number of rotatable bonds is 6. The van der Waals surface area contributed by atoms with Gasteiger partial charge in [-0.2, -0.15) is 0 Å². The minimum atomic E-state index is -0.357. The summed E-state index contributed by atoms with van der Waals surface area (Å²) in [7, 11) is 0. The van der Waals surface area contributed by atoms with E-state index in [0.29, 0.717) is 36.4 Å². The molecule has 0 atom stereocenters. The van der Waals surface area contributed by atoms with Crippen molar-refractivity contribution in [2.75, 3.05) is 52.5 Å². The Balaban J connectivity index is 1.71. The van der Waals surface area contributed by atoms with Gasteiger partial charge in [0.1, 0.15) is 11.5 Å². The lowest BCUT2D eigenvalue weighted by Gasteiger charge is -2.29. The highest BCUT2D eigenvalue weighted by Crippen LogP contribution is 2.19. The lowest BCUT2D eigenvalue weighted by atomic mass is 10.2. The number of aromatic amines is 1. The molecule has 0 spiro atoms. The molecule has 130 valence electrons. The van der Waals surface area contributed by atoms with Crippen LogP contribution in [0, 0.1) is 5.82 Å². The first-order valence-corrected chi connectivity index (χ1v) is 8.16. The van der Waals surface area contributed by atoms with E-state index in [4.69, 9.17) is 4.74 Å². The van der Waals surface area contributed by atoms with Gasteiger partial charge in [0.25, 0.3) is 5.91 Å². The SMILES string of the molecule is O=C(c1cc2c(F)cccc2[nH]1)N(CCO)CCN1CCOCC1. The number of hydrogen-bond donors (Lipinski definition) is 2. The molecule has 0 radical (unpaired) electrons. The summed E-state index contributed by atoms with van der Waals surface area (Å²) in [6.07, 6.45) is 0. The van der Waals surface area contributed by atoms with Gasteiger partial charge in [-0.3, -0.25) is 9.69 Å². The van der Waals surface area contributed by atoms with E-state index in [-0.39, 0.29) is 24.9 Å². The molecule has 1 aromatic carbocycles. The zero-order valence-electron chi connectivity index (χ0n) is 13.5. The molecule has 1 amide bonds. The summed E-state index contributed by atoms with van der Waals surface area (Å²) < 4.78 is 19.1. The number of carbonyl (C=O) groups is 1. The molecule has 0 unspecified atom stereocenters. The van der Waals surface area contributed by atoms with Crippen molar-refractivity contribution in [1.82, 2.24) is 14.8 Å². The van der Waals surface area contributed by atoms with Crippen LogP contribution in [-0.2, 0) is 4.74 Å². The first-order chi connectivity index (χ1) is 11.7. The Morgan fingerprint density at radius 3 is 2.83 bits per heavy atom. The number of aromatic nitrogens is 1. The van der Waals surface area contributed by atoms with Crippen LogP contribution in [0.15, 0.2) is 24.3 Å². The van der Waals surface area contributed by atoms with Crippen LogP contribution in [0.3, 0.4) is 0 Å². The van der Waals surface area contributed by atoms with Crippen LogP contribution in [0.1, 0.15) is 10.5 Å². The van der Waals surface area contributed by atoms with E-state index in [9.17, 15) is 14.3 Å². The third-order valence-corrected chi connectivity index (χ3v) is 4.29. The van der Waals surface area contributed by atoms with Crippen LogP contribution < -0.4 is 0 Å². The predicted molar refractivity (Wildman–Crippen MR) is 88.5 cm³/mol. The number of H-pyrrole nitrogens is 1. The van der Waals surface area contributed by atoms with Crippen molar-refractivity contribution in [2.24, 2.45) is 0 Å². The summed E-state index contributed by atoms with van der Waals surface area (Å²) in [5.74, 6) is -0.585. The molecule has 7 heteroatoms. The largest absolute Gasteiger partial charge is 0.395 e. The molecular weight excluding hydrogens is 313 g/mol. The number of hydrogen-bond acceptors (Lipinski definition) is 4. The number of morpholine rings is 1. The molecular formula is C17H22FN3O3. The zero-order chi connectivity index (χ0) is 16.9. The second-order valence-electron chi connectivity index (χ2n) is 5.85. The maximum absolute atomic E-state index is 13.8. The quantitative estimate of drug-likeness (QED) is 0.829. The highest BCUT2D eigenvalue weighted by molar-refractivity contribution is 5.98. The van der Waals surface area contributed by atoms with Crippen molar-refractivity contribution >= 4 is 16.8 Å². The van der Waals surface area contributed by atoms with E-state index < -0.39 is 0 Å². The number of carbonyl (C=O) groups excluding carboxylic acids is 1. The van der Waals surface area contributed by atoms with Gasteiger partial charge in [-0.25, -0.2) is 4.39 Å². The van der Waals surface area contributed by atoms with E-state index in [2.05, 4.69) is 9.88 Å². The highest BCUT2D eigenvalue weighted by atomic mass is 19.1. The normalized spacial score (nSPS) is 15.8. The van der Waals surface area contributed by atoms with Crippen LogP contribution in [0.5, 0.6) is 0 Å². The summed E-state index contributed by atoms with van der Waals surface area (Å²) in [5, 5.41) is 9.66. The molecule has 2 N–H and O–H groups in total. The van der Waals surface area contributed by atoms with E-state index in [1.54, 1.807) is 17.0 Å². The molecule has 2 aromatic rings. The average Bonchev–Trinajstić information content (AvgIpc) is 3.04. The molecule has 1 aliphatic rings. The molecule has 1 fully saturated rings. The average molecular weight is 335 g/mol. The summed E-state index contributed by atoms with van der Waals surface area (Å²) in [6.45, 7) is 4.48. The van der Waals surface area contributed by atoms with Gasteiger partial charge in [0.05, 0.1) is 19.8 Å². The lowest BCUT2D eigenvalue weighted by molar-refractivity contribution is 0.0314. The molecule has 0 bridgehead atoms. The van der Waals surface area contributed by atoms with Gasteiger partial charge < -0.3 is 19.7 Å². The maximum Gasteiger partial charge on any atom is 0.270 e. The minimum Gasteiger partial charge on any atom is -0.395 e. The standard InChI is InChI=1S/C17H22FN3O3/c18-14-2-1-3-15-13(14)12-16(19-15)17(23)21(6-9-22)5-4-20-7-10-24-11-8-20/h1-3,12,19,22H,4-11H2. The van der Waals surface area contributed by atoms with Crippen LogP contribution in [0.25, 0.3) is 10.9 Å². The van der Waals surface area contributed by atoms with Gasteiger partial charge in [0, 0.05) is 43.6 Å². The topological polar surface area (TPSA) is 68.8 Å². The van der Waals surface area contributed by atoms with Gasteiger partial charge >= 0.3 is 0 Å². The number of aliphatic hydroxyl groups is 1. The fourth-order valence-corrected chi connectivity index (χ4v) is 2.93. The monoisotopic (exact) mass is 335 g/mol. The van der Waals surface area contributed by atoms with Gasteiger partial charge in [-0.1, -0.05) is 6.07 Å². The number of benzene rings is 1. The number of halogens is 1. The third-order valence-electron chi connectivity index (χ3n) is 4.29. The van der Waals surface area contributed by atoms with Gasteiger partial charge in [0.2, 0.25) is 0 Å². The highest BCUT2D eigenvalue weighted by Gasteiger charge is 2.20. The minimum absolute atomic E-state index is 0.108.